The molecule has 2 aromatic rings. The van der Waals surface area contributed by atoms with Crippen molar-refractivity contribution >= 4 is 46.6 Å². The summed E-state index contributed by atoms with van der Waals surface area (Å²) in [4.78, 5) is 14.3. The highest BCUT2D eigenvalue weighted by molar-refractivity contribution is 6.35. The van der Waals surface area contributed by atoms with E-state index in [1.165, 1.54) is 6.07 Å². The van der Waals surface area contributed by atoms with Gasteiger partial charge >= 0.3 is 0 Å². The minimum absolute atomic E-state index is 0. The highest BCUT2D eigenvalue weighted by Gasteiger charge is 2.55. The minimum Gasteiger partial charge on any atom is -0.460 e. The van der Waals surface area contributed by atoms with Crippen molar-refractivity contribution in [2.75, 3.05) is 39.1 Å². The van der Waals surface area contributed by atoms with Crippen molar-refractivity contribution < 1.29 is 13.9 Å². The fourth-order valence-corrected chi connectivity index (χ4v) is 4.97. The molecule has 28 heavy (non-hydrogen) atoms. The quantitative estimate of drug-likeness (QED) is 0.522. The molecule has 2 fully saturated rings. The molecule has 4 rings (SSSR count). The van der Waals surface area contributed by atoms with Gasteiger partial charge in [-0.05, 0) is 43.6 Å². The van der Waals surface area contributed by atoms with Crippen LogP contribution >= 0.6 is 24.0 Å². The number of hydrogen-bond acceptors (Lipinski definition) is 5. The highest BCUT2D eigenvalue weighted by Crippen LogP contribution is 2.54. The molecule has 0 bridgehead atoms. The molecule has 1 saturated carbocycles. The van der Waals surface area contributed by atoms with E-state index < -0.39 is 5.91 Å². The van der Waals surface area contributed by atoms with E-state index in [1.807, 2.05) is 6.92 Å². The van der Waals surface area contributed by atoms with Crippen molar-refractivity contribution in [3.8, 4) is 0 Å². The number of likely N-dealkylation sites (tertiary alicyclic amines) is 1. The molecule has 1 aliphatic carbocycles. The predicted octanol–water partition coefficient (Wildman–Crippen LogP) is 3.25. The van der Waals surface area contributed by atoms with Crippen LogP contribution in [0, 0.1) is 24.7 Å². The Bertz CT molecular complexity index is 887. The number of carbonyl (C=O) groups excluding carboxylic acids is 1. The van der Waals surface area contributed by atoms with Crippen LogP contribution < -0.4 is 11.5 Å². The van der Waals surface area contributed by atoms with E-state index in [0.29, 0.717) is 27.8 Å². The Kier molecular flexibility index (Phi) is 6.15. The van der Waals surface area contributed by atoms with Crippen LogP contribution in [-0.2, 0) is 11.2 Å². The third kappa shape index (κ3) is 3.59. The maximum Gasteiger partial charge on any atom is 0.252 e. The summed E-state index contributed by atoms with van der Waals surface area (Å²) in [5, 5.41) is 1.11. The van der Waals surface area contributed by atoms with Gasteiger partial charge in [-0.25, -0.2) is 0 Å². The van der Waals surface area contributed by atoms with E-state index in [9.17, 15) is 4.79 Å². The van der Waals surface area contributed by atoms with Crippen LogP contribution in [-0.4, -0.2) is 44.2 Å². The molecule has 1 aliphatic heterocycles. The zero-order valence-electron chi connectivity index (χ0n) is 16.2. The van der Waals surface area contributed by atoms with Crippen molar-refractivity contribution in [2.24, 2.45) is 23.5 Å². The molecule has 2 atom stereocenters. The van der Waals surface area contributed by atoms with E-state index in [-0.39, 0.29) is 12.4 Å². The molecule has 1 amide bonds. The lowest BCUT2D eigenvalue weighted by Gasteiger charge is -2.19. The first kappa shape index (κ1) is 21.2. The number of nitrogens with zero attached hydrogens (tertiary/aromatic N) is 1. The second-order valence-electron chi connectivity index (χ2n) is 7.83. The molecule has 2 aliphatic rings. The van der Waals surface area contributed by atoms with Crippen molar-refractivity contribution in [3.05, 3.63) is 28.0 Å². The normalized spacial score (nSPS) is 23.6. The number of aryl methyl sites for hydroxylation is 1. The number of amides is 1. The Hall–Kier alpha value is -1.47. The topological polar surface area (TPSA) is 94.7 Å². The third-order valence-electron chi connectivity index (χ3n) is 6.23. The van der Waals surface area contributed by atoms with Gasteiger partial charge in [-0.2, -0.15) is 0 Å². The number of anilines is 1. The second kappa shape index (κ2) is 8.11. The SMILES string of the molecule is COCCCN1CC2C(Cc3c(C)oc4c(C(N)=O)cc(Cl)c(N)c34)C2C1.Cl. The number of furan rings is 1. The molecule has 2 unspecified atom stereocenters. The third-order valence-corrected chi connectivity index (χ3v) is 6.54. The first-order chi connectivity index (χ1) is 12.9. The number of halogens is 2. The number of methoxy groups -OCH3 is 1. The van der Waals surface area contributed by atoms with Crippen LogP contribution in [0.4, 0.5) is 5.69 Å². The smallest absolute Gasteiger partial charge is 0.252 e. The molecule has 0 radical (unpaired) electrons. The van der Waals surface area contributed by atoms with Gasteiger partial charge in [0.1, 0.15) is 11.3 Å². The van der Waals surface area contributed by atoms with E-state index >= 15 is 0 Å². The maximum atomic E-state index is 11.8. The lowest BCUT2D eigenvalue weighted by molar-refractivity contribution is 0.100. The average molecular weight is 428 g/mol. The van der Waals surface area contributed by atoms with Gasteiger partial charge in [0.25, 0.3) is 5.91 Å². The largest absolute Gasteiger partial charge is 0.460 e. The van der Waals surface area contributed by atoms with Crippen LogP contribution in [0.5, 0.6) is 0 Å². The van der Waals surface area contributed by atoms with Gasteiger partial charge in [0.2, 0.25) is 0 Å². The Balaban J connectivity index is 0.00000225. The molecule has 6 nitrogen and oxygen atoms in total. The van der Waals surface area contributed by atoms with Crippen LogP contribution in [0.2, 0.25) is 5.02 Å². The molecular weight excluding hydrogens is 401 g/mol. The fourth-order valence-electron chi connectivity index (χ4n) is 4.76. The van der Waals surface area contributed by atoms with Gasteiger partial charge < -0.3 is 25.5 Å². The summed E-state index contributed by atoms with van der Waals surface area (Å²) in [5.74, 6) is 2.33. The number of rotatable bonds is 7. The van der Waals surface area contributed by atoms with E-state index in [1.54, 1.807) is 7.11 Å². The Morgan fingerprint density at radius 2 is 2.07 bits per heavy atom. The van der Waals surface area contributed by atoms with Crippen molar-refractivity contribution in [1.82, 2.24) is 4.90 Å². The van der Waals surface area contributed by atoms with Crippen LogP contribution in [0.1, 0.15) is 28.1 Å². The minimum atomic E-state index is -0.558. The van der Waals surface area contributed by atoms with Gasteiger partial charge in [0.05, 0.1) is 16.3 Å². The molecule has 1 aromatic carbocycles. The lowest BCUT2D eigenvalue weighted by Crippen LogP contribution is -2.26. The van der Waals surface area contributed by atoms with Gasteiger partial charge in [-0.15, -0.1) is 12.4 Å². The first-order valence-electron chi connectivity index (χ1n) is 9.43. The first-order valence-corrected chi connectivity index (χ1v) is 9.81. The second-order valence-corrected chi connectivity index (χ2v) is 8.23. The number of nitrogens with two attached hydrogens (primary N) is 2. The number of fused-ring (bicyclic) bond motifs is 2. The average Bonchev–Trinajstić information content (AvgIpc) is 2.93. The summed E-state index contributed by atoms with van der Waals surface area (Å²) in [6.45, 7) is 6.14. The number of carbonyl (C=O) groups is 1. The number of piperidine rings is 1. The maximum absolute atomic E-state index is 11.8. The Morgan fingerprint density at radius 1 is 1.39 bits per heavy atom. The molecule has 1 saturated heterocycles. The Morgan fingerprint density at radius 3 is 2.68 bits per heavy atom. The van der Waals surface area contributed by atoms with Crippen molar-refractivity contribution in [2.45, 2.75) is 19.8 Å². The summed E-state index contributed by atoms with van der Waals surface area (Å²) in [6, 6.07) is 1.50. The zero-order chi connectivity index (χ0) is 19.3. The Labute approximate surface area is 175 Å². The van der Waals surface area contributed by atoms with E-state index in [4.69, 9.17) is 32.2 Å². The summed E-state index contributed by atoms with van der Waals surface area (Å²) in [7, 11) is 1.75. The number of nitrogen functional groups attached to an aromatic ring is 1. The number of benzene rings is 1. The molecule has 8 heteroatoms. The van der Waals surface area contributed by atoms with Gasteiger partial charge in [-0.3, -0.25) is 4.79 Å². The van der Waals surface area contributed by atoms with E-state index in [0.717, 1.165) is 67.6 Å². The molecule has 154 valence electrons. The van der Waals surface area contributed by atoms with Crippen molar-refractivity contribution in [3.63, 3.8) is 0 Å². The monoisotopic (exact) mass is 427 g/mol. The summed E-state index contributed by atoms with van der Waals surface area (Å²) in [6.07, 6.45) is 1.99. The summed E-state index contributed by atoms with van der Waals surface area (Å²) >= 11 is 6.25. The molecular formula is C20H27Cl2N3O3. The van der Waals surface area contributed by atoms with Gasteiger partial charge in [-0.1, -0.05) is 11.6 Å². The fraction of sp³-hybridized carbons (Fsp3) is 0.550. The molecule has 1 aromatic heterocycles. The van der Waals surface area contributed by atoms with Crippen LogP contribution in [0.15, 0.2) is 10.5 Å². The van der Waals surface area contributed by atoms with Crippen LogP contribution in [0.25, 0.3) is 11.0 Å². The van der Waals surface area contributed by atoms with Gasteiger partial charge in [0.15, 0.2) is 0 Å². The number of hydrogen-bond donors (Lipinski definition) is 2. The summed E-state index contributed by atoms with van der Waals surface area (Å²) in [5.41, 5.74) is 14.0. The predicted molar refractivity (Wildman–Crippen MR) is 113 cm³/mol. The van der Waals surface area contributed by atoms with Crippen LogP contribution in [0.3, 0.4) is 0 Å². The molecule has 2 heterocycles. The lowest BCUT2D eigenvalue weighted by atomic mass is 9.99. The number of primary amides is 1. The highest BCUT2D eigenvalue weighted by atomic mass is 35.5. The molecule has 0 spiro atoms. The van der Waals surface area contributed by atoms with Crippen molar-refractivity contribution in [1.29, 1.82) is 0 Å². The standard InChI is InChI=1S/C20H26ClN3O3.ClH/c1-10-11(6-12-14-8-24(9-15(12)14)4-3-5-26-2)17-18(22)16(21)7-13(20(23)25)19(17)27-10;/h7,12,14-15H,3-6,8-9,22H2,1-2H3,(H2,23,25);1H. The number of ether oxygens (including phenoxy) is 1. The van der Waals surface area contributed by atoms with Gasteiger partial charge in [0, 0.05) is 44.3 Å². The summed E-state index contributed by atoms with van der Waals surface area (Å²) < 4.78 is 11.0. The zero-order valence-corrected chi connectivity index (χ0v) is 17.7. The molecule has 4 N–H and O–H groups in total. The van der Waals surface area contributed by atoms with E-state index in [2.05, 4.69) is 4.90 Å².